The summed E-state index contributed by atoms with van der Waals surface area (Å²) >= 11 is 0. The second kappa shape index (κ2) is 10.4. The van der Waals surface area contributed by atoms with Crippen LogP contribution in [-0.2, 0) is 4.79 Å². The van der Waals surface area contributed by atoms with Crippen molar-refractivity contribution >= 4 is 6.41 Å². The molecule has 1 amide bonds. The molecule has 4 atom stereocenters. The summed E-state index contributed by atoms with van der Waals surface area (Å²) < 4.78 is 0. The lowest BCUT2D eigenvalue weighted by Crippen LogP contribution is -2.56. The molecule has 0 aromatic rings. The monoisotopic (exact) mass is 287 g/mol. The standard InChI is InChI=1S/C12H25N5O3/c1-3-10(19)12(20)11(9(2)13)17(8-18)7-5-4-6-15-16-14/h8-12,19-20H,3-7,13H2,1-2H3/t9-,10?,11-,12-/m1/s1. The highest BCUT2D eigenvalue weighted by atomic mass is 16.3. The number of nitrogens with zero attached hydrogens (tertiary/aromatic N) is 4. The Morgan fingerprint density at radius 1 is 1.45 bits per heavy atom. The molecule has 20 heavy (non-hydrogen) atoms. The minimum atomic E-state index is -1.08. The van der Waals surface area contributed by atoms with Gasteiger partial charge in [-0.3, -0.25) is 4.79 Å². The summed E-state index contributed by atoms with van der Waals surface area (Å²) in [5, 5.41) is 23.2. The number of aliphatic hydroxyl groups is 2. The third-order valence-corrected chi connectivity index (χ3v) is 3.21. The van der Waals surface area contributed by atoms with Gasteiger partial charge >= 0.3 is 0 Å². The molecule has 0 spiro atoms. The Labute approximate surface area is 119 Å². The van der Waals surface area contributed by atoms with E-state index in [1.54, 1.807) is 13.8 Å². The molecule has 0 saturated carbocycles. The van der Waals surface area contributed by atoms with Crippen molar-refractivity contribution in [2.24, 2.45) is 10.8 Å². The van der Waals surface area contributed by atoms with Crippen LogP contribution in [0.5, 0.6) is 0 Å². The molecule has 0 aromatic heterocycles. The first-order valence-corrected chi connectivity index (χ1v) is 6.83. The van der Waals surface area contributed by atoms with Gasteiger partial charge in [0.25, 0.3) is 0 Å². The van der Waals surface area contributed by atoms with E-state index in [1.165, 1.54) is 4.90 Å². The number of azide groups is 1. The summed E-state index contributed by atoms with van der Waals surface area (Å²) in [4.78, 5) is 15.2. The Morgan fingerprint density at radius 2 is 2.10 bits per heavy atom. The van der Waals surface area contributed by atoms with Crippen molar-refractivity contribution in [1.82, 2.24) is 4.90 Å². The smallest absolute Gasteiger partial charge is 0.210 e. The van der Waals surface area contributed by atoms with Gasteiger partial charge in [-0.15, -0.1) is 0 Å². The first kappa shape index (κ1) is 18.7. The van der Waals surface area contributed by atoms with E-state index in [2.05, 4.69) is 10.0 Å². The lowest BCUT2D eigenvalue weighted by atomic mass is 9.96. The van der Waals surface area contributed by atoms with E-state index in [0.29, 0.717) is 38.8 Å². The number of amides is 1. The van der Waals surface area contributed by atoms with Gasteiger partial charge in [-0.25, -0.2) is 0 Å². The third-order valence-electron chi connectivity index (χ3n) is 3.21. The maximum atomic E-state index is 11.2. The van der Waals surface area contributed by atoms with Crippen LogP contribution in [0.4, 0.5) is 0 Å². The Hall–Kier alpha value is -1.34. The maximum Gasteiger partial charge on any atom is 0.210 e. The van der Waals surface area contributed by atoms with Crippen LogP contribution < -0.4 is 5.73 Å². The maximum absolute atomic E-state index is 11.2. The van der Waals surface area contributed by atoms with Gasteiger partial charge in [-0.2, -0.15) is 0 Å². The van der Waals surface area contributed by atoms with Crippen molar-refractivity contribution in [3.63, 3.8) is 0 Å². The number of carbonyl (C=O) groups excluding carboxylic acids is 1. The van der Waals surface area contributed by atoms with Crippen LogP contribution in [0, 0.1) is 0 Å². The van der Waals surface area contributed by atoms with E-state index in [1.807, 2.05) is 0 Å². The Morgan fingerprint density at radius 3 is 2.55 bits per heavy atom. The summed E-state index contributed by atoms with van der Waals surface area (Å²) in [5.74, 6) is 0. The molecule has 0 aliphatic rings. The fourth-order valence-corrected chi connectivity index (χ4v) is 2.07. The first-order valence-electron chi connectivity index (χ1n) is 6.83. The van der Waals surface area contributed by atoms with Crippen LogP contribution in [-0.4, -0.2) is 58.9 Å². The summed E-state index contributed by atoms with van der Waals surface area (Å²) in [6.45, 7) is 4.19. The molecular formula is C12H25N5O3. The Bertz CT molecular complexity index is 320. The number of carbonyl (C=O) groups is 1. The van der Waals surface area contributed by atoms with Crippen molar-refractivity contribution in [3.8, 4) is 0 Å². The number of hydrogen-bond donors (Lipinski definition) is 3. The van der Waals surface area contributed by atoms with E-state index in [4.69, 9.17) is 11.3 Å². The highest BCUT2D eigenvalue weighted by Crippen LogP contribution is 2.13. The fraction of sp³-hybridized carbons (Fsp3) is 0.917. The van der Waals surface area contributed by atoms with Crippen molar-refractivity contribution in [1.29, 1.82) is 0 Å². The van der Waals surface area contributed by atoms with E-state index in [-0.39, 0.29) is 0 Å². The minimum absolute atomic E-state index is 0.367. The van der Waals surface area contributed by atoms with E-state index in [0.717, 1.165) is 0 Å². The Kier molecular flexibility index (Phi) is 9.75. The lowest BCUT2D eigenvalue weighted by molar-refractivity contribution is -0.126. The predicted octanol–water partition coefficient (Wildman–Crippen LogP) is 0.383. The van der Waals surface area contributed by atoms with Gasteiger partial charge in [0.1, 0.15) is 6.10 Å². The lowest BCUT2D eigenvalue weighted by Gasteiger charge is -2.36. The van der Waals surface area contributed by atoms with Crippen LogP contribution in [0.2, 0.25) is 0 Å². The average Bonchev–Trinajstić information content (AvgIpc) is 2.43. The first-order chi connectivity index (χ1) is 9.49. The number of aliphatic hydroxyl groups excluding tert-OH is 2. The topological polar surface area (TPSA) is 136 Å². The normalized spacial score (nSPS) is 16.6. The van der Waals surface area contributed by atoms with Crippen LogP contribution in [0.3, 0.4) is 0 Å². The highest BCUT2D eigenvalue weighted by Gasteiger charge is 2.32. The number of rotatable bonds is 11. The van der Waals surface area contributed by atoms with Gasteiger partial charge < -0.3 is 20.8 Å². The van der Waals surface area contributed by atoms with Crippen LogP contribution in [0.1, 0.15) is 33.1 Å². The highest BCUT2D eigenvalue weighted by molar-refractivity contribution is 5.48. The third kappa shape index (κ3) is 6.21. The number of unbranched alkanes of at least 4 members (excludes halogenated alkanes) is 1. The van der Waals surface area contributed by atoms with E-state index >= 15 is 0 Å². The summed E-state index contributed by atoms with van der Waals surface area (Å²) in [6, 6.07) is -1.10. The molecule has 0 aliphatic carbocycles. The minimum Gasteiger partial charge on any atom is -0.390 e. The molecule has 116 valence electrons. The molecular weight excluding hydrogens is 262 g/mol. The molecule has 8 heteroatoms. The zero-order valence-electron chi connectivity index (χ0n) is 12.1. The molecule has 0 heterocycles. The molecule has 0 fully saturated rings. The van der Waals surface area contributed by atoms with Gasteiger partial charge in [0.2, 0.25) is 6.41 Å². The van der Waals surface area contributed by atoms with E-state index in [9.17, 15) is 15.0 Å². The van der Waals surface area contributed by atoms with Gasteiger partial charge in [0.05, 0.1) is 12.1 Å². The van der Waals surface area contributed by atoms with Crippen LogP contribution >= 0.6 is 0 Å². The van der Waals surface area contributed by atoms with Crippen molar-refractivity contribution in [2.45, 2.75) is 57.4 Å². The van der Waals surface area contributed by atoms with E-state index < -0.39 is 24.3 Å². The molecule has 0 radical (unpaired) electrons. The molecule has 0 bridgehead atoms. The van der Waals surface area contributed by atoms with Gasteiger partial charge in [0, 0.05) is 24.0 Å². The molecule has 4 N–H and O–H groups in total. The zero-order chi connectivity index (χ0) is 15.5. The molecule has 1 unspecified atom stereocenters. The molecule has 0 saturated heterocycles. The van der Waals surface area contributed by atoms with Crippen molar-refractivity contribution < 1.29 is 15.0 Å². The second-order valence-corrected chi connectivity index (χ2v) is 4.82. The van der Waals surface area contributed by atoms with Crippen LogP contribution in [0.15, 0.2) is 5.11 Å². The zero-order valence-corrected chi connectivity index (χ0v) is 12.1. The van der Waals surface area contributed by atoms with Gasteiger partial charge in [0.15, 0.2) is 0 Å². The molecule has 8 nitrogen and oxygen atoms in total. The number of nitrogens with two attached hydrogens (primary N) is 1. The summed E-state index contributed by atoms with van der Waals surface area (Å²) in [7, 11) is 0. The summed E-state index contributed by atoms with van der Waals surface area (Å²) in [6.07, 6.45) is 0.294. The SMILES string of the molecule is CCC(O)[C@@H](O)[C@@H]([C@@H](C)N)N(C=O)CCCCN=[N+]=[N-]. The fourth-order valence-electron chi connectivity index (χ4n) is 2.07. The average molecular weight is 287 g/mol. The largest absolute Gasteiger partial charge is 0.390 e. The molecule has 0 aromatic carbocycles. The molecule has 0 rings (SSSR count). The van der Waals surface area contributed by atoms with Crippen molar-refractivity contribution in [2.75, 3.05) is 13.1 Å². The predicted molar refractivity (Wildman–Crippen MR) is 75.8 cm³/mol. The van der Waals surface area contributed by atoms with Gasteiger partial charge in [-0.1, -0.05) is 12.0 Å². The molecule has 0 aliphatic heterocycles. The number of hydrogen-bond acceptors (Lipinski definition) is 5. The Balaban J connectivity index is 4.59. The second-order valence-electron chi connectivity index (χ2n) is 4.82. The quantitative estimate of drug-likeness (QED) is 0.166. The van der Waals surface area contributed by atoms with Gasteiger partial charge in [-0.05, 0) is 31.7 Å². The van der Waals surface area contributed by atoms with Crippen molar-refractivity contribution in [3.05, 3.63) is 10.4 Å². The van der Waals surface area contributed by atoms with Crippen LogP contribution in [0.25, 0.3) is 10.4 Å². The summed E-state index contributed by atoms with van der Waals surface area (Å²) in [5.41, 5.74) is 14.0.